The van der Waals surface area contributed by atoms with E-state index in [0.29, 0.717) is 12.8 Å². The summed E-state index contributed by atoms with van der Waals surface area (Å²) in [5, 5.41) is 0. The van der Waals surface area contributed by atoms with Gasteiger partial charge in [0.2, 0.25) is 0 Å². The average molecular weight is 909 g/mol. The van der Waals surface area contributed by atoms with Crippen LogP contribution < -0.4 is 29.6 Å². The van der Waals surface area contributed by atoms with E-state index >= 15 is 0 Å². The molecule has 0 atom stereocenters. The van der Waals surface area contributed by atoms with Crippen LogP contribution in [0.25, 0.3) is 0 Å². The fourth-order valence-corrected chi connectivity index (χ4v) is 8.76. The minimum atomic E-state index is -5.03. The van der Waals surface area contributed by atoms with Crippen LogP contribution >= 0.6 is 0 Å². The van der Waals surface area contributed by atoms with E-state index in [-0.39, 0.29) is 48.3 Å². The molecular weight excluding hydrogens is 816 g/mol. The molecule has 7 nitrogen and oxygen atoms in total. The molecule has 0 fully saturated rings. The normalized spacial score (nSPS) is 11.7. The Morgan fingerprint density at radius 1 is 0.444 bits per heavy atom. The van der Waals surface area contributed by atoms with Crippen molar-refractivity contribution in [3.63, 3.8) is 0 Å². The zero-order valence-electron chi connectivity index (χ0n) is 41.1. The summed E-state index contributed by atoms with van der Waals surface area (Å²) in [5.41, 5.74) is -0.788. The number of rotatable bonds is 45. The molecule has 0 bridgehead atoms. The Hall–Kier alpha value is -1.45. The summed E-state index contributed by atoms with van der Waals surface area (Å²) < 4.78 is 46.9. The second kappa shape index (κ2) is 45.7. The van der Waals surface area contributed by atoms with Gasteiger partial charge in [-0.1, -0.05) is 224 Å². The van der Waals surface area contributed by atoms with Crippen LogP contribution in [0.2, 0.25) is 0 Å². The van der Waals surface area contributed by atoms with Crippen LogP contribution in [-0.4, -0.2) is 38.1 Å². The van der Waals surface area contributed by atoms with Crippen LogP contribution in [0.4, 0.5) is 0 Å². The Morgan fingerprint density at radius 2 is 0.730 bits per heavy atom. The molecule has 0 unspecified atom stereocenters. The van der Waals surface area contributed by atoms with Crippen LogP contribution in [0.3, 0.4) is 0 Å². The van der Waals surface area contributed by atoms with Gasteiger partial charge in [0.25, 0.3) is 0 Å². The molecule has 0 N–H and O–H groups in total. The molecule has 0 aliphatic carbocycles. The summed E-state index contributed by atoms with van der Waals surface area (Å²) in [5.74, 6) is -1.82. The van der Waals surface area contributed by atoms with Gasteiger partial charge in [0.1, 0.15) is 10.1 Å². The minimum absolute atomic E-state index is 0. The predicted molar refractivity (Wildman–Crippen MR) is 260 cm³/mol. The van der Waals surface area contributed by atoms with E-state index in [2.05, 4.69) is 38.2 Å². The topological polar surface area (TPSA) is 110 Å². The van der Waals surface area contributed by atoms with Crippen molar-refractivity contribution >= 4 is 22.1 Å². The van der Waals surface area contributed by atoms with Gasteiger partial charge in [-0.05, 0) is 76.3 Å². The molecule has 63 heavy (non-hydrogen) atoms. The van der Waals surface area contributed by atoms with E-state index in [9.17, 15) is 22.6 Å². The maximum atomic E-state index is 13.1. The molecule has 0 heterocycles. The first-order chi connectivity index (χ1) is 30.3. The number of carbonyl (C=O) groups is 2. The number of ether oxygens (including phenoxy) is 2. The first-order valence-electron chi connectivity index (χ1n) is 26.1. The number of allylic oxidation sites excluding steroid dienone is 4. The summed E-state index contributed by atoms with van der Waals surface area (Å²) >= 11 is 0. The minimum Gasteiger partial charge on any atom is -0.744 e. The molecule has 0 amide bonds. The Balaban J connectivity index is 0.0000384. The molecule has 0 radical (unpaired) electrons. The summed E-state index contributed by atoms with van der Waals surface area (Å²) in [7, 11) is -5.03. The monoisotopic (exact) mass is 909 g/mol. The summed E-state index contributed by atoms with van der Waals surface area (Å²) in [6, 6.07) is 3.63. The van der Waals surface area contributed by atoms with Crippen LogP contribution in [0.1, 0.15) is 279 Å². The molecule has 0 aliphatic rings. The second-order valence-electron chi connectivity index (χ2n) is 17.8. The van der Waals surface area contributed by atoms with Crippen molar-refractivity contribution in [3.8, 4) is 0 Å². The molecule has 0 aromatic heterocycles. The number of hydrogen-bond acceptors (Lipinski definition) is 7. The molecule has 1 aromatic carbocycles. The molecule has 1 rings (SSSR count). The number of unbranched alkanes of at least 4 members (excludes halogenated alkanes) is 34. The quantitative estimate of drug-likeness (QED) is 0.0211. The number of benzene rings is 1. The van der Waals surface area contributed by atoms with E-state index in [0.717, 1.165) is 76.7 Å². The van der Waals surface area contributed by atoms with Gasteiger partial charge in [-0.25, -0.2) is 18.0 Å². The summed E-state index contributed by atoms with van der Waals surface area (Å²) in [6.45, 7) is 4.77. The zero-order chi connectivity index (χ0) is 45.0. The third-order valence-electron chi connectivity index (χ3n) is 12.0. The smallest absolute Gasteiger partial charge is 0.744 e. The Kier molecular flexibility index (Phi) is 44.6. The van der Waals surface area contributed by atoms with E-state index in [4.69, 9.17) is 9.47 Å². The number of hydrogen-bond donors (Lipinski definition) is 0. The van der Waals surface area contributed by atoms with Gasteiger partial charge in [0.05, 0.1) is 29.2 Å². The van der Waals surface area contributed by atoms with Gasteiger partial charge in [-0.2, -0.15) is 0 Å². The van der Waals surface area contributed by atoms with Crippen molar-refractivity contribution in [2.24, 2.45) is 0 Å². The Labute approximate surface area is 410 Å². The van der Waals surface area contributed by atoms with Crippen molar-refractivity contribution in [2.45, 2.75) is 263 Å². The van der Waals surface area contributed by atoms with Crippen molar-refractivity contribution in [1.82, 2.24) is 0 Å². The van der Waals surface area contributed by atoms with Crippen molar-refractivity contribution in [1.29, 1.82) is 0 Å². The number of esters is 2. The molecule has 0 saturated heterocycles. The zero-order valence-corrected chi connectivity index (χ0v) is 43.9. The average Bonchev–Trinajstić information content (AvgIpc) is 3.26. The van der Waals surface area contributed by atoms with E-state index in [1.54, 1.807) is 0 Å². The first kappa shape index (κ1) is 61.5. The Morgan fingerprint density at radius 3 is 1.05 bits per heavy atom. The number of carbonyl (C=O) groups excluding carboxylic acids is 2. The van der Waals surface area contributed by atoms with Crippen molar-refractivity contribution < 1.29 is 61.6 Å². The van der Waals surface area contributed by atoms with Crippen molar-refractivity contribution in [3.05, 3.63) is 53.6 Å². The summed E-state index contributed by atoms with van der Waals surface area (Å²) in [6.07, 6.45) is 56.3. The van der Waals surface area contributed by atoms with Gasteiger partial charge in [0, 0.05) is 0 Å². The summed E-state index contributed by atoms with van der Waals surface area (Å²) in [4.78, 5) is 25.3. The van der Waals surface area contributed by atoms with Gasteiger partial charge >= 0.3 is 41.5 Å². The van der Waals surface area contributed by atoms with Crippen LogP contribution in [0.5, 0.6) is 0 Å². The van der Waals surface area contributed by atoms with Gasteiger partial charge < -0.3 is 14.0 Å². The molecule has 1 aromatic rings. The van der Waals surface area contributed by atoms with Crippen LogP contribution in [0, 0.1) is 0 Å². The third kappa shape index (κ3) is 37.3. The maximum Gasteiger partial charge on any atom is 1.00 e. The van der Waals surface area contributed by atoms with Gasteiger partial charge in [-0.3, -0.25) is 0 Å². The molecule has 0 aliphatic heterocycles. The fraction of sp³-hybridized carbons (Fsp3) is 0.778. The third-order valence-corrected chi connectivity index (χ3v) is 12.9. The maximum absolute atomic E-state index is 13.1. The van der Waals surface area contributed by atoms with E-state index in [1.807, 2.05) is 0 Å². The standard InChI is InChI=1S/C54H94O7S.Na/c1-3-5-7-9-11-13-15-17-19-21-23-25-27-29-31-33-35-37-39-41-43-48-60-53(55)50-46-45-47-51(62(57,58)59)52(50)54(56)61-49-44-42-40-38-36-34-32-30-28-26-24-22-20-18-16-14-12-10-8-6-4-2;/h29-32,45-47H,3-28,33-44,48-49H2,1-2H3,(H,57,58,59);/q;+1/p-1/b31-29+,32-30+;. The first-order valence-corrected chi connectivity index (χ1v) is 27.5. The molecular formula is C54H93NaO7S. The molecule has 0 spiro atoms. The van der Waals surface area contributed by atoms with Gasteiger partial charge in [-0.15, -0.1) is 0 Å². The molecule has 358 valence electrons. The van der Waals surface area contributed by atoms with Crippen LogP contribution in [0.15, 0.2) is 47.4 Å². The van der Waals surface area contributed by atoms with E-state index in [1.165, 1.54) is 173 Å². The molecule has 9 heteroatoms. The fourth-order valence-electron chi connectivity index (χ4n) is 8.07. The largest absolute Gasteiger partial charge is 1.00 e. The van der Waals surface area contributed by atoms with Crippen molar-refractivity contribution in [2.75, 3.05) is 13.2 Å². The SMILES string of the molecule is CCCCCCCCCCCCCC/C=C/CCCCCCCOC(=O)c1cccc(S(=O)(=O)[O-])c1C(=O)OCCCCCCC/C=C/CCCCCCCCCCCCCC.[Na+]. The van der Waals surface area contributed by atoms with E-state index < -0.39 is 32.5 Å². The van der Waals surface area contributed by atoms with Gasteiger partial charge in [0.15, 0.2) is 0 Å². The second-order valence-corrected chi connectivity index (χ2v) is 19.2. The molecule has 0 saturated carbocycles. The Bertz CT molecular complexity index is 1380. The van der Waals surface area contributed by atoms with Crippen LogP contribution in [-0.2, 0) is 19.6 Å². The predicted octanol–water partition coefficient (Wildman–Crippen LogP) is 13.9.